The fraction of sp³-hybridized carbons (Fsp3) is 0.176. The minimum absolute atomic E-state index is 0.00691. The van der Waals surface area contributed by atoms with E-state index in [1.165, 1.54) is 0 Å². The van der Waals surface area contributed by atoms with Crippen molar-refractivity contribution >= 4 is 17.5 Å². The van der Waals surface area contributed by atoms with Gasteiger partial charge in [0.15, 0.2) is 0 Å². The Morgan fingerprint density at radius 2 is 1.86 bits per heavy atom. The number of hydrogen-bond acceptors (Lipinski definition) is 2. The summed E-state index contributed by atoms with van der Waals surface area (Å²) in [5.74, 6) is 0.00691. The molecule has 0 aliphatic heterocycles. The monoisotopic (exact) mass is 298 g/mol. The third-order valence-electron chi connectivity index (χ3n) is 3.23. The molecule has 0 heterocycles. The van der Waals surface area contributed by atoms with Crippen LogP contribution in [0, 0.1) is 11.3 Å². The van der Waals surface area contributed by atoms with Gasteiger partial charge in [0, 0.05) is 18.6 Å². The number of likely N-dealkylation sites (N-methyl/N-ethyl adjacent to an activating group) is 1. The van der Waals surface area contributed by atoms with Crippen LogP contribution in [0.4, 0.5) is 0 Å². The maximum absolute atomic E-state index is 12.2. The number of halogens is 1. The van der Waals surface area contributed by atoms with E-state index in [1.54, 1.807) is 30.1 Å². The molecule has 2 aromatic rings. The zero-order valence-corrected chi connectivity index (χ0v) is 12.5. The van der Waals surface area contributed by atoms with Crippen LogP contribution >= 0.6 is 11.6 Å². The third kappa shape index (κ3) is 4.08. The summed E-state index contributed by atoms with van der Waals surface area (Å²) in [5, 5.41) is 9.37. The van der Waals surface area contributed by atoms with Gasteiger partial charge in [0.25, 0.3) is 0 Å². The van der Waals surface area contributed by atoms with Gasteiger partial charge in [-0.2, -0.15) is 5.26 Å². The Balaban J connectivity index is 1.99. The molecule has 21 heavy (non-hydrogen) atoms. The molecular formula is C17H15ClN2O. The molecule has 0 unspecified atom stereocenters. The first-order chi connectivity index (χ1) is 10.1. The van der Waals surface area contributed by atoms with E-state index in [1.807, 2.05) is 30.3 Å². The van der Waals surface area contributed by atoms with Crippen molar-refractivity contribution in [1.29, 1.82) is 5.26 Å². The molecule has 0 N–H and O–H groups in total. The number of hydrogen-bond donors (Lipinski definition) is 0. The van der Waals surface area contributed by atoms with Crippen molar-refractivity contribution in [1.82, 2.24) is 4.90 Å². The molecule has 0 fully saturated rings. The second-order valence-corrected chi connectivity index (χ2v) is 5.23. The number of nitriles is 1. The lowest BCUT2D eigenvalue weighted by Gasteiger charge is -2.17. The van der Waals surface area contributed by atoms with Gasteiger partial charge < -0.3 is 4.90 Å². The molecule has 2 rings (SSSR count). The average Bonchev–Trinajstić information content (AvgIpc) is 2.50. The predicted molar refractivity (Wildman–Crippen MR) is 82.8 cm³/mol. The largest absolute Gasteiger partial charge is 0.341 e. The van der Waals surface area contributed by atoms with E-state index in [2.05, 4.69) is 6.07 Å². The van der Waals surface area contributed by atoms with E-state index in [0.717, 1.165) is 11.1 Å². The molecule has 0 aliphatic rings. The van der Waals surface area contributed by atoms with Crippen LogP contribution in [0.25, 0.3) is 0 Å². The van der Waals surface area contributed by atoms with Gasteiger partial charge in [-0.1, -0.05) is 41.9 Å². The van der Waals surface area contributed by atoms with Crippen LogP contribution in [0.5, 0.6) is 0 Å². The highest BCUT2D eigenvalue weighted by atomic mass is 35.5. The summed E-state index contributed by atoms with van der Waals surface area (Å²) in [6, 6.07) is 16.6. The Hall–Kier alpha value is -2.31. The Morgan fingerprint density at radius 1 is 1.19 bits per heavy atom. The molecule has 0 bridgehead atoms. The van der Waals surface area contributed by atoms with E-state index in [9.17, 15) is 4.79 Å². The smallest absolute Gasteiger partial charge is 0.227 e. The van der Waals surface area contributed by atoms with Gasteiger partial charge in [0.05, 0.1) is 18.1 Å². The van der Waals surface area contributed by atoms with Crippen molar-refractivity contribution in [3.05, 3.63) is 70.2 Å². The second-order valence-electron chi connectivity index (χ2n) is 4.83. The van der Waals surface area contributed by atoms with Gasteiger partial charge >= 0.3 is 0 Å². The predicted octanol–water partition coefficient (Wildman–Crippen LogP) is 3.41. The molecule has 0 saturated heterocycles. The van der Waals surface area contributed by atoms with Crippen molar-refractivity contribution in [2.24, 2.45) is 0 Å². The summed E-state index contributed by atoms with van der Waals surface area (Å²) in [6.07, 6.45) is 0.284. The van der Waals surface area contributed by atoms with E-state index in [-0.39, 0.29) is 12.3 Å². The highest BCUT2D eigenvalue weighted by Gasteiger charge is 2.12. The van der Waals surface area contributed by atoms with Gasteiger partial charge in [0.2, 0.25) is 5.91 Å². The minimum Gasteiger partial charge on any atom is -0.341 e. The Bertz CT molecular complexity index is 674. The first-order valence-electron chi connectivity index (χ1n) is 6.56. The molecule has 0 saturated carbocycles. The molecule has 0 aromatic heterocycles. The summed E-state index contributed by atoms with van der Waals surface area (Å²) in [6.45, 7) is 0.509. The summed E-state index contributed by atoms with van der Waals surface area (Å²) in [4.78, 5) is 13.9. The first kappa shape index (κ1) is 15.1. The number of rotatable bonds is 4. The van der Waals surface area contributed by atoms with Gasteiger partial charge in [-0.05, 0) is 29.3 Å². The van der Waals surface area contributed by atoms with Gasteiger partial charge in [-0.3, -0.25) is 4.79 Å². The number of nitrogens with zero attached hydrogens (tertiary/aromatic N) is 2. The summed E-state index contributed by atoms with van der Waals surface area (Å²) in [7, 11) is 1.76. The summed E-state index contributed by atoms with van der Waals surface area (Å²) >= 11 is 6.07. The van der Waals surface area contributed by atoms with Crippen LogP contribution in [0.1, 0.15) is 16.7 Å². The van der Waals surface area contributed by atoms with Crippen LogP contribution in [-0.4, -0.2) is 17.9 Å². The van der Waals surface area contributed by atoms with Crippen molar-refractivity contribution in [3.63, 3.8) is 0 Å². The van der Waals surface area contributed by atoms with Crippen molar-refractivity contribution in [2.45, 2.75) is 13.0 Å². The molecular weight excluding hydrogens is 284 g/mol. The molecule has 106 valence electrons. The van der Waals surface area contributed by atoms with E-state index >= 15 is 0 Å². The molecule has 0 aliphatic carbocycles. The second kappa shape index (κ2) is 6.92. The SMILES string of the molecule is CN(Cc1ccc(C#N)cc1)C(=O)Cc1ccccc1Cl. The fourth-order valence-electron chi connectivity index (χ4n) is 1.99. The first-order valence-corrected chi connectivity index (χ1v) is 6.94. The summed E-state index contributed by atoms with van der Waals surface area (Å²) < 4.78 is 0. The molecule has 3 nitrogen and oxygen atoms in total. The fourth-order valence-corrected chi connectivity index (χ4v) is 2.19. The van der Waals surface area contributed by atoms with Crippen molar-refractivity contribution in [3.8, 4) is 6.07 Å². The van der Waals surface area contributed by atoms with Crippen molar-refractivity contribution < 1.29 is 4.79 Å². The van der Waals surface area contributed by atoms with Crippen LogP contribution in [0.15, 0.2) is 48.5 Å². The quantitative estimate of drug-likeness (QED) is 0.868. The van der Waals surface area contributed by atoms with E-state index < -0.39 is 0 Å². The number of amides is 1. The zero-order valence-electron chi connectivity index (χ0n) is 11.7. The molecule has 0 spiro atoms. The minimum atomic E-state index is 0.00691. The average molecular weight is 299 g/mol. The topological polar surface area (TPSA) is 44.1 Å². The molecule has 0 atom stereocenters. The number of benzene rings is 2. The lowest BCUT2D eigenvalue weighted by Crippen LogP contribution is -2.27. The molecule has 2 aromatic carbocycles. The zero-order chi connectivity index (χ0) is 15.2. The van der Waals surface area contributed by atoms with E-state index in [0.29, 0.717) is 17.1 Å². The van der Waals surface area contributed by atoms with Crippen LogP contribution in [0.3, 0.4) is 0 Å². The Morgan fingerprint density at radius 3 is 2.48 bits per heavy atom. The Kier molecular flexibility index (Phi) is 4.97. The normalized spacial score (nSPS) is 9.95. The third-order valence-corrected chi connectivity index (χ3v) is 3.60. The Labute approximate surface area is 129 Å². The maximum atomic E-state index is 12.2. The highest BCUT2D eigenvalue weighted by molar-refractivity contribution is 6.31. The highest BCUT2D eigenvalue weighted by Crippen LogP contribution is 2.16. The molecule has 1 amide bonds. The van der Waals surface area contributed by atoms with Crippen LogP contribution in [0.2, 0.25) is 5.02 Å². The summed E-state index contributed by atoms with van der Waals surface area (Å²) in [5.41, 5.74) is 2.43. The number of carbonyl (C=O) groups is 1. The van der Waals surface area contributed by atoms with Gasteiger partial charge in [-0.15, -0.1) is 0 Å². The van der Waals surface area contributed by atoms with Crippen molar-refractivity contribution in [2.75, 3.05) is 7.05 Å². The van der Waals surface area contributed by atoms with Gasteiger partial charge in [0.1, 0.15) is 0 Å². The lowest BCUT2D eigenvalue weighted by atomic mass is 10.1. The number of carbonyl (C=O) groups excluding carboxylic acids is 1. The molecule has 4 heteroatoms. The lowest BCUT2D eigenvalue weighted by molar-refractivity contribution is -0.129. The van der Waals surface area contributed by atoms with Crippen LogP contribution < -0.4 is 0 Å². The molecule has 0 radical (unpaired) electrons. The van der Waals surface area contributed by atoms with Gasteiger partial charge in [-0.25, -0.2) is 0 Å². The maximum Gasteiger partial charge on any atom is 0.227 e. The standard InChI is InChI=1S/C17H15ClN2O/c1-20(12-14-8-6-13(11-19)7-9-14)17(21)10-15-4-2-3-5-16(15)18/h2-9H,10,12H2,1H3. The van der Waals surface area contributed by atoms with Crippen LogP contribution in [-0.2, 0) is 17.8 Å². The van der Waals surface area contributed by atoms with E-state index in [4.69, 9.17) is 16.9 Å².